The molecule has 0 bridgehead atoms. The predicted octanol–water partition coefficient (Wildman–Crippen LogP) is 1.62. The molecule has 1 aliphatic heterocycles. The van der Waals surface area contributed by atoms with Gasteiger partial charge in [0.2, 0.25) is 0 Å². The zero-order valence-corrected chi connectivity index (χ0v) is 13.6. The fourth-order valence-corrected chi connectivity index (χ4v) is 3.05. The van der Waals surface area contributed by atoms with E-state index >= 15 is 0 Å². The lowest BCUT2D eigenvalue weighted by Crippen LogP contribution is -2.46. The van der Waals surface area contributed by atoms with E-state index in [1.807, 2.05) is 30.9 Å². The summed E-state index contributed by atoms with van der Waals surface area (Å²) in [6.45, 7) is 4.98. The van der Waals surface area contributed by atoms with E-state index < -0.39 is 0 Å². The Bertz CT molecular complexity index is 605. The molecule has 0 N–H and O–H groups in total. The summed E-state index contributed by atoms with van der Waals surface area (Å²) in [5, 5.41) is 12.8. The zero-order valence-electron chi connectivity index (χ0n) is 13.6. The quantitative estimate of drug-likeness (QED) is 0.859. The van der Waals surface area contributed by atoms with Crippen LogP contribution in [0.15, 0.2) is 24.5 Å². The summed E-state index contributed by atoms with van der Waals surface area (Å²) in [7, 11) is 4.16. The molecule has 1 atom stereocenters. The molecule has 1 unspecified atom stereocenters. The topological polar surface area (TPSA) is 50.1 Å². The third-order valence-corrected chi connectivity index (χ3v) is 4.32. The number of rotatable bonds is 4. The molecule has 0 saturated carbocycles. The van der Waals surface area contributed by atoms with Gasteiger partial charge in [-0.15, -0.1) is 5.10 Å². The van der Waals surface area contributed by atoms with Crippen LogP contribution in [0.25, 0.3) is 0 Å². The lowest BCUT2D eigenvalue weighted by atomic mass is 10.0. The fraction of sp³-hybridized carbons (Fsp3) is 0.562. The van der Waals surface area contributed by atoms with Crippen molar-refractivity contribution in [1.82, 2.24) is 24.9 Å². The summed E-state index contributed by atoms with van der Waals surface area (Å²) in [5.41, 5.74) is 2.23. The maximum Gasteiger partial charge on any atom is 0.151 e. The molecule has 3 heterocycles. The number of hydrogen-bond acceptors (Lipinski definition) is 5. The second-order valence-electron chi connectivity index (χ2n) is 6.21. The van der Waals surface area contributed by atoms with Gasteiger partial charge in [-0.1, -0.05) is 0 Å². The Morgan fingerprint density at radius 3 is 2.86 bits per heavy atom. The molecule has 2 aromatic heterocycles. The van der Waals surface area contributed by atoms with Crippen molar-refractivity contribution in [2.75, 3.05) is 25.0 Å². The molecule has 2 aromatic rings. The number of likely N-dealkylation sites (N-methyl/N-ethyl adjacent to an activating group) is 1. The predicted molar refractivity (Wildman–Crippen MR) is 86.7 cm³/mol. The smallest absolute Gasteiger partial charge is 0.151 e. The van der Waals surface area contributed by atoms with Gasteiger partial charge in [-0.25, -0.2) is 0 Å². The van der Waals surface area contributed by atoms with Crippen molar-refractivity contribution < 1.29 is 0 Å². The number of hydrogen-bond donors (Lipinski definition) is 0. The van der Waals surface area contributed by atoms with Crippen molar-refractivity contribution in [1.29, 1.82) is 0 Å². The van der Waals surface area contributed by atoms with Gasteiger partial charge >= 0.3 is 0 Å². The number of aryl methyl sites for hydroxylation is 2. The van der Waals surface area contributed by atoms with Crippen molar-refractivity contribution in [2.24, 2.45) is 7.05 Å². The maximum atomic E-state index is 4.33. The Kier molecular flexibility index (Phi) is 4.38. The molecule has 0 aromatic carbocycles. The van der Waals surface area contributed by atoms with Crippen LogP contribution in [0, 0.1) is 6.92 Å². The molecule has 3 rings (SSSR count). The highest BCUT2D eigenvalue weighted by Gasteiger charge is 2.24. The summed E-state index contributed by atoms with van der Waals surface area (Å²) < 4.78 is 1.86. The molecular weight excluding hydrogens is 276 g/mol. The van der Waals surface area contributed by atoms with Gasteiger partial charge in [0.05, 0.1) is 11.9 Å². The van der Waals surface area contributed by atoms with E-state index in [9.17, 15) is 0 Å². The first-order chi connectivity index (χ1) is 10.6. The second kappa shape index (κ2) is 6.44. The van der Waals surface area contributed by atoms with Gasteiger partial charge < -0.3 is 4.90 Å². The van der Waals surface area contributed by atoms with Gasteiger partial charge in [-0.05, 0) is 38.9 Å². The SMILES string of the molecule is Cc1ccc(N2CCCC(N(C)Cc3cnn(C)c3)C2)nn1. The first-order valence-corrected chi connectivity index (χ1v) is 7.85. The minimum absolute atomic E-state index is 0.539. The van der Waals surface area contributed by atoms with Crippen LogP contribution in [-0.4, -0.2) is 51.1 Å². The molecule has 0 aliphatic carbocycles. The van der Waals surface area contributed by atoms with Crippen molar-refractivity contribution >= 4 is 5.82 Å². The van der Waals surface area contributed by atoms with Gasteiger partial charge in [0.15, 0.2) is 5.82 Å². The molecule has 1 aliphatic rings. The Morgan fingerprint density at radius 1 is 1.32 bits per heavy atom. The van der Waals surface area contributed by atoms with Crippen molar-refractivity contribution in [3.05, 3.63) is 35.8 Å². The Labute approximate surface area is 131 Å². The molecule has 1 fully saturated rings. The minimum atomic E-state index is 0.539. The van der Waals surface area contributed by atoms with Gasteiger partial charge in [-0.2, -0.15) is 10.2 Å². The van der Waals surface area contributed by atoms with E-state index in [4.69, 9.17) is 0 Å². The first-order valence-electron chi connectivity index (χ1n) is 7.85. The van der Waals surface area contributed by atoms with Crippen molar-refractivity contribution in [3.8, 4) is 0 Å². The van der Waals surface area contributed by atoms with Crippen LogP contribution >= 0.6 is 0 Å². The Balaban J connectivity index is 1.63. The van der Waals surface area contributed by atoms with Gasteiger partial charge in [0.25, 0.3) is 0 Å². The summed E-state index contributed by atoms with van der Waals surface area (Å²) in [4.78, 5) is 4.77. The summed E-state index contributed by atoms with van der Waals surface area (Å²) in [6, 6.07) is 4.65. The fourth-order valence-electron chi connectivity index (χ4n) is 3.05. The van der Waals surface area contributed by atoms with Crippen LogP contribution < -0.4 is 4.90 Å². The Morgan fingerprint density at radius 2 is 2.18 bits per heavy atom. The van der Waals surface area contributed by atoms with Crippen LogP contribution in [-0.2, 0) is 13.6 Å². The summed E-state index contributed by atoms with van der Waals surface area (Å²) in [6.07, 6.45) is 6.45. The average Bonchev–Trinajstić information content (AvgIpc) is 2.93. The van der Waals surface area contributed by atoms with E-state index in [2.05, 4.69) is 44.4 Å². The lowest BCUT2D eigenvalue weighted by molar-refractivity contribution is 0.207. The number of piperidine rings is 1. The number of aromatic nitrogens is 4. The highest BCUT2D eigenvalue weighted by atomic mass is 15.3. The standard InChI is InChI=1S/C16H24N6/c1-13-6-7-16(19-18-13)22-8-4-5-15(12-22)20(2)10-14-9-17-21(3)11-14/h6-7,9,11,15H,4-5,8,10,12H2,1-3H3. The van der Waals surface area contributed by atoms with E-state index in [1.54, 1.807) is 0 Å². The lowest BCUT2D eigenvalue weighted by Gasteiger charge is -2.38. The Hall–Kier alpha value is -1.95. The maximum absolute atomic E-state index is 4.33. The van der Waals surface area contributed by atoms with Crippen LogP contribution in [0.1, 0.15) is 24.1 Å². The van der Waals surface area contributed by atoms with Gasteiger partial charge in [-0.3, -0.25) is 9.58 Å². The van der Waals surface area contributed by atoms with Crippen LogP contribution in [0.3, 0.4) is 0 Å². The van der Waals surface area contributed by atoms with Crippen LogP contribution in [0.2, 0.25) is 0 Å². The normalized spacial score (nSPS) is 18.9. The highest BCUT2D eigenvalue weighted by molar-refractivity contribution is 5.38. The van der Waals surface area contributed by atoms with Crippen LogP contribution in [0.4, 0.5) is 5.82 Å². The van der Waals surface area contributed by atoms with E-state index in [0.29, 0.717) is 6.04 Å². The van der Waals surface area contributed by atoms with Crippen LogP contribution in [0.5, 0.6) is 0 Å². The summed E-state index contributed by atoms with van der Waals surface area (Å²) in [5.74, 6) is 0.991. The molecule has 1 saturated heterocycles. The molecule has 0 radical (unpaired) electrons. The molecule has 6 nitrogen and oxygen atoms in total. The van der Waals surface area contributed by atoms with Crippen molar-refractivity contribution in [2.45, 2.75) is 32.4 Å². The monoisotopic (exact) mass is 300 g/mol. The molecule has 118 valence electrons. The molecule has 0 amide bonds. The second-order valence-corrected chi connectivity index (χ2v) is 6.21. The minimum Gasteiger partial charge on any atom is -0.354 e. The average molecular weight is 300 g/mol. The first kappa shape index (κ1) is 15.0. The zero-order chi connectivity index (χ0) is 15.5. The van der Waals surface area contributed by atoms with Gasteiger partial charge in [0.1, 0.15) is 0 Å². The van der Waals surface area contributed by atoms with E-state index in [-0.39, 0.29) is 0 Å². The number of nitrogens with zero attached hydrogens (tertiary/aromatic N) is 6. The molecule has 0 spiro atoms. The largest absolute Gasteiger partial charge is 0.354 e. The highest BCUT2D eigenvalue weighted by Crippen LogP contribution is 2.21. The third-order valence-electron chi connectivity index (χ3n) is 4.32. The van der Waals surface area contributed by atoms with Crippen molar-refractivity contribution in [3.63, 3.8) is 0 Å². The summed E-state index contributed by atoms with van der Waals surface area (Å²) >= 11 is 0. The van der Waals surface area contributed by atoms with E-state index in [0.717, 1.165) is 31.1 Å². The van der Waals surface area contributed by atoms with E-state index in [1.165, 1.54) is 18.4 Å². The molecular formula is C16H24N6. The van der Waals surface area contributed by atoms with Gasteiger partial charge in [0, 0.05) is 44.5 Å². The molecule has 6 heteroatoms. The molecule has 22 heavy (non-hydrogen) atoms. The number of anilines is 1. The third kappa shape index (κ3) is 3.44.